The Labute approximate surface area is 77.3 Å². The second kappa shape index (κ2) is 22.4. The largest absolute Gasteiger partial charge is 0.390 e. The first-order chi connectivity index (χ1) is 4.83. The van der Waals surface area contributed by atoms with Crippen molar-refractivity contribution in [3.05, 3.63) is 39.3 Å². The van der Waals surface area contributed by atoms with Gasteiger partial charge in [-0.05, 0) is 0 Å². The summed E-state index contributed by atoms with van der Waals surface area (Å²) in [5, 5.41) is 30.8. The molecule has 0 saturated carbocycles. The van der Waals surface area contributed by atoms with Gasteiger partial charge in [0, 0.05) is 29.9 Å². The van der Waals surface area contributed by atoms with Crippen molar-refractivity contribution in [2.45, 2.75) is 0 Å². The molecular formula is C6H10CuO4. The molecule has 0 fully saturated rings. The van der Waals surface area contributed by atoms with E-state index in [2.05, 4.69) is 0 Å². The van der Waals surface area contributed by atoms with E-state index in [0.717, 1.165) is 39.3 Å². The fourth-order valence-corrected chi connectivity index (χ4v) is 0.0770. The van der Waals surface area contributed by atoms with E-state index in [0.29, 0.717) is 0 Å². The first kappa shape index (κ1) is 17.4. The van der Waals surface area contributed by atoms with Gasteiger partial charge in [-0.1, -0.05) is 0 Å². The van der Waals surface area contributed by atoms with Crippen LogP contribution >= 0.6 is 0 Å². The van der Waals surface area contributed by atoms with Crippen molar-refractivity contribution in [1.82, 2.24) is 0 Å². The van der Waals surface area contributed by atoms with Crippen molar-refractivity contribution in [1.29, 1.82) is 0 Å². The third kappa shape index (κ3) is 38.1. The average Bonchev–Trinajstić information content (AvgIpc) is 1.93. The summed E-state index contributed by atoms with van der Waals surface area (Å²) in [5.41, 5.74) is 0. The Morgan fingerprint density at radius 1 is 0.545 bits per heavy atom. The topological polar surface area (TPSA) is 80.9 Å². The predicted molar refractivity (Wildman–Crippen MR) is 33.5 cm³/mol. The summed E-state index contributed by atoms with van der Waals surface area (Å²) in [6.45, 7) is 3.00. The van der Waals surface area contributed by atoms with Gasteiger partial charge >= 0.3 is 0 Å². The minimum atomic E-state index is 0. The van der Waals surface area contributed by atoms with Crippen molar-refractivity contribution >= 4 is 0 Å². The van der Waals surface area contributed by atoms with Gasteiger partial charge in [-0.2, -0.15) is 0 Å². The molecule has 0 unspecified atom stereocenters. The molecule has 0 aliphatic rings. The zero-order valence-corrected chi connectivity index (χ0v) is 6.50. The van der Waals surface area contributed by atoms with Gasteiger partial charge in [0.1, 0.15) is 0 Å². The summed E-state index contributed by atoms with van der Waals surface area (Å²) >= 11 is 0. The Bertz CT molecular complexity index is 35.6. The van der Waals surface area contributed by atoms with Crippen LogP contribution in [0.4, 0.5) is 0 Å². The Kier molecular flexibility index (Phi) is 35.6. The zero-order valence-electron chi connectivity index (χ0n) is 5.55. The molecule has 7 radical (unpaired) electrons. The van der Waals surface area contributed by atoms with Crippen LogP contribution in [0.15, 0.2) is 0 Å². The van der Waals surface area contributed by atoms with E-state index >= 15 is 0 Å². The normalized spacial score (nSPS) is 7.64. The molecule has 0 atom stereocenters. The molecule has 0 saturated heterocycles. The number of rotatable bonds is 4. The second-order valence-electron chi connectivity index (χ2n) is 0.981. The first-order valence-electron chi connectivity index (χ1n) is 2.37. The molecule has 0 bridgehead atoms. The molecule has 0 aliphatic carbocycles. The molecule has 0 aromatic heterocycles. The molecule has 11 heavy (non-hydrogen) atoms. The van der Waals surface area contributed by atoms with E-state index in [-0.39, 0.29) is 17.1 Å². The molecule has 0 spiro atoms. The van der Waals surface area contributed by atoms with Gasteiger partial charge in [0.15, 0.2) is 0 Å². The van der Waals surface area contributed by atoms with Crippen LogP contribution in [0.25, 0.3) is 0 Å². The second-order valence-corrected chi connectivity index (χ2v) is 0.981. The van der Waals surface area contributed by atoms with E-state index in [1.807, 2.05) is 0 Å². The summed E-state index contributed by atoms with van der Waals surface area (Å²) in [7, 11) is 0. The van der Waals surface area contributed by atoms with Gasteiger partial charge in [-0.15, -0.1) is 0 Å². The molecule has 4 nitrogen and oxygen atoms in total. The number of hydrogen-bond acceptors (Lipinski definition) is 4. The molecule has 69 valence electrons. The number of aliphatic hydroxyl groups excluding tert-OH is 4. The smallest absolute Gasteiger partial charge is 0.0861 e. The monoisotopic (exact) mass is 209 g/mol. The predicted octanol–water partition coefficient (Wildman–Crippen LogP) is 0.516. The van der Waals surface area contributed by atoms with Gasteiger partial charge in [0.05, 0.1) is 26.4 Å². The third-order valence-electron chi connectivity index (χ3n) is 0.344. The molecular weight excluding hydrogens is 200 g/mol. The molecule has 0 amide bonds. The van der Waals surface area contributed by atoms with E-state index < -0.39 is 0 Å². The Hall–Kier alpha value is 0.359. The van der Waals surface area contributed by atoms with Crippen LogP contribution in [0.3, 0.4) is 0 Å². The zero-order chi connectivity index (χ0) is 8.24. The molecule has 0 heterocycles. The maximum absolute atomic E-state index is 7.69. The van der Waals surface area contributed by atoms with Gasteiger partial charge < -0.3 is 20.4 Å². The Balaban J connectivity index is -0.000000107. The minimum Gasteiger partial charge on any atom is -0.390 e. The van der Waals surface area contributed by atoms with Gasteiger partial charge in [0.2, 0.25) is 0 Å². The molecule has 5 heteroatoms. The molecule has 4 N–H and O–H groups in total. The summed E-state index contributed by atoms with van der Waals surface area (Å²) in [4.78, 5) is 0. The fourth-order valence-electron chi connectivity index (χ4n) is 0.0770. The van der Waals surface area contributed by atoms with Crippen molar-refractivity contribution in [2.24, 2.45) is 0 Å². The van der Waals surface area contributed by atoms with Crippen LogP contribution in [-0.2, 0) is 17.1 Å². The minimum absolute atomic E-state index is 0. The molecule has 0 aromatic rings. The quantitative estimate of drug-likeness (QED) is 0.509. The van der Waals surface area contributed by atoms with Crippen LogP contribution in [-0.4, -0.2) is 20.4 Å². The van der Waals surface area contributed by atoms with Crippen LogP contribution < -0.4 is 0 Å². The summed E-state index contributed by atoms with van der Waals surface area (Å²) in [6, 6.07) is 0. The Morgan fingerprint density at radius 3 is 0.727 bits per heavy atom. The van der Waals surface area contributed by atoms with Gasteiger partial charge in [0.25, 0.3) is 0 Å². The standard InChI is InChI=1S/2C3H5O2.Cu/c2*4-2-1-3-5;/h2*1-5H;. The van der Waals surface area contributed by atoms with Crippen molar-refractivity contribution in [2.75, 3.05) is 0 Å². The number of hydrogen-bond donors (Lipinski definition) is 4. The van der Waals surface area contributed by atoms with Crippen molar-refractivity contribution in [3.8, 4) is 0 Å². The van der Waals surface area contributed by atoms with Crippen LogP contribution in [0.5, 0.6) is 0 Å². The maximum Gasteiger partial charge on any atom is 0.0861 e. The van der Waals surface area contributed by atoms with Crippen LogP contribution in [0.1, 0.15) is 0 Å². The van der Waals surface area contributed by atoms with Gasteiger partial charge in [-0.25, -0.2) is 0 Å². The van der Waals surface area contributed by atoms with Crippen LogP contribution in [0, 0.1) is 39.3 Å². The van der Waals surface area contributed by atoms with Crippen LogP contribution in [0.2, 0.25) is 0 Å². The average molecular weight is 210 g/mol. The van der Waals surface area contributed by atoms with Crippen molar-refractivity contribution < 1.29 is 37.5 Å². The summed E-state index contributed by atoms with van der Waals surface area (Å²) < 4.78 is 0. The third-order valence-corrected chi connectivity index (χ3v) is 0.344. The first-order valence-corrected chi connectivity index (χ1v) is 2.37. The Morgan fingerprint density at radius 2 is 0.727 bits per heavy atom. The number of aliphatic hydroxyl groups is 4. The molecule has 0 aromatic carbocycles. The molecule has 0 rings (SSSR count). The van der Waals surface area contributed by atoms with Crippen molar-refractivity contribution in [3.63, 3.8) is 0 Å². The SMILES string of the molecule is O[CH][CH][CH]O.O[CH][CH][CH]O.[Cu]. The van der Waals surface area contributed by atoms with E-state index in [1.54, 1.807) is 0 Å². The van der Waals surface area contributed by atoms with E-state index in [4.69, 9.17) is 20.4 Å². The van der Waals surface area contributed by atoms with E-state index in [9.17, 15) is 0 Å². The van der Waals surface area contributed by atoms with E-state index in [1.165, 1.54) is 0 Å². The summed E-state index contributed by atoms with van der Waals surface area (Å²) in [6.07, 6.45) is 2.22. The maximum atomic E-state index is 7.69. The summed E-state index contributed by atoms with van der Waals surface area (Å²) in [5.74, 6) is 0. The fraction of sp³-hybridized carbons (Fsp3) is 0. The molecule has 0 aliphatic heterocycles. The van der Waals surface area contributed by atoms with Gasteiger partial charge in [-0.3, -0.25) is 0 Å².